The number of hydrogen-bond donors (Lipinski definition) is 0. The molecule has 0 saturated heterocycles. The van der Waals surface area contributed by atoms with Crippen molar-refractivity contribution in [1.29, 1.82) is 0 Å². The highest BCUT2D eigenvalue weighted by atomic mass is 16.5. The zero-order valence-electron chi connectivity index (χ0n) is 15.8. The monoisotopic (exact) mass is 363 g/mol. The van der Waals surface area contributed by atoms with Gasteiger partial charge >= 0.3 is 6.01 Å². The van der Waals surface area contributed by atoms with Gasteiger partial charge in [0.25, 0.3) is 0 Å². The molecular weight excluding hydrogens is 338 g/mol. The van der Waals surface area contributed by atoms with Crippen molar-refractivity contribution in [3.05, 3.63) is 47.5 Å². The fraction of sp³-hybridized carbons (Fsp3) is 0.476. The molecule has 1 aliphatic heterocycles. The Balaban J connectivity index is 1.35. The van der Waals surface area contributed by atoms with Gasteiger partial charge in [-0.3, -0.25) is 4.90 Å². The fourth-order valence-corrected chi connectivity index (χ4v) is 4.09. The fourth-order valence-electron chi connectivity index (χ4n) is 4.09. The molecule has 6 nitrogen and oxygen atoms in total. The SMILES string of the molecule is Cc1ccnc(OCc2ccc3nc4n(c3c2)CCN(C2CCC2)CC4)n1. The number of rotatable bonds is 4. The second kappa shape index (κ2) is 6.93. The molecule has 2 aromatic heterocycles. The topological polar surface area (TPSA) is 56.1 Å². The molecule has 140 valence electrons. The van der Waals surface area contributed by atoms with Gasteiger partial charge in [0.15, 0.2) is 0 Å². The predicted octanol–water partition coefficient (Wildman–Crippen LogP) is 3.12. The highest BCUT2D eigenvalue weighted by Crippen LogP contribution is 2.27. The Morgan fingerprint density at radius 1 is 1.11 bits per heavy atom. The lowest BCUT2D eigenvalue weighted by Crippen LogP contribution is -2.41. The van der Waals surface area contributed by atoms with Gasteiger partial charge in [-0.25, -0.2) is 15.0 Å². The van der Waals surface area contributed by atoms with E-state index in [9.17, 15) is 0 Å². The summed E-state index contributed by atoms with van der Waals surface area (Å²) in [5, 5.41) is 0. The lowest BCUT2D eigenvalue weighted by molar-refractivity contribution is 0.130. The summed E-state index contributed by atoms with van der Waals surface area (Å²) in [7, 11) is 0. The van der Waals surface area contributed by atoms with Crippen LogP contribution in [0, 0.1) is 6.92 Å². The largest absolute Gasteiger partial charge is 0.459 e. The number of fused-ring (bicyclic) bond motifs is 3. The minimum Gasteiger partial charge on any atom is -0.459 e. The highest BCUT2D eigenvalue weighted by molar-refractivity contribution is 5.77. The van der Waals surface area contributed by atoms with Crippen LogP contribution in [0.15, 0.2) is 30.5 Å². The van der Waals surface area contributed by atoms with Crippen molar-refractivity contribution in [3.63, 3.8) is 0 Å². The van der Waals surface area contributed by atoms with E-state index in [2.05, 4.69) is 37.6 Å². The van der Waals surface area contributed by atoms with E-state index in [0.717, 1.165) is 48.9 Å². The number of hydrogen-bond acceptors (Lipinski definition) is 5. The van der Waals surface area contributed by atoms with E-state index < -0.39 is 0 Å². The van der Waals surface area contributed by atoms with Crippen molar-refractivity contribution < 1.29 is 4.74 Å². The van der Waals surface area contributed by atoms with Gasteiger partial charge in [0, 0.05) is 44.0 Å². The second-order valence-corrected chi connectivity index (χ2v) is 7.64. The van der Waals surface area contributed by atoms with Gasteiger partial charge in [-0.2, -0.15) is 0 Å². The van der Waals surface area contributed by atoms with E-state index in [4.69, 9.17) is 9.72 Å². The van der Waals surface area contributed by atoms with Gasteiger partial charge in [-0.05, 0) is 43.5 Å². The molecule has 0 N–H and O–H groups in total. The molecule has 3 heterocycles. The van der Waals surface area contributed by atoms with Crippen LogP contribution in [-0.4, -0.2) is 43.6 Å². The van der Waals surface area contributed by atoms with E-state index in [1.165, 1.54) is 30.6 Å². The third-order valence-corrected chi connectivity index (χ3v) is 5.86. The van der Waals surface area contributed by atoms with Crippen molar-refractivity contribution >= 4 is 11.0 Å². The van der Waals surface area contributed by atoms with Gasteiger partial charge in [-0.1, -0.05) is 12.5 Å². The van der Waals surface area contributed by atoms with Crippen LogP contribution in [0.4, 0.5) is 0 Å². The Bertz CT molecular complexity index is 962. The molecule has 3 aromatic rings. The van der Waals surface area contributed by atoms with Crippen molar-refractivity contribution in [2.45, 2.75) is 51.8 Å². The zero-order valence-corrected chi connectivity index (χ0v) is 15.8. The number of nitrogens with zero attached hydrogens (tertiary/aromatic N) is 5. The van der Waals surface area contributed by atoms with E-state index >= 15 is 0 Å². The number of aryl methyl sites for hydroxylation is 1. The molecule has 1 fully saturated rings. The zero-order chi connectivity index (χ0) is 18.2. The van der Waals surface area contributed by atoms with Crippen LogP contribution < -0.4 is 4.74 Å². The highest BCUT2D eigenvalue weighted by Gasteiger charge is 2.27. The van der Waals surface area contributed by atoms with Crippen molar-refractivity contribution in [3.8, 4) is 6.01 Å². The third-order valence-electron chi connectivity index (χ3n) is 5.86. The molecule has 0 unspecified atom stereocenters. The van der Waals surface area contributed by atoms with Crippen molar-refractivity contribution in [2.75, 3.05) is 13.1 Å². The van der Waals surface area contributed by atoms with Gasteiger partial charge in [0.1, 0.15) is 12.4 Å². The summed E-state index contributed by atoms with van der Waals surface area (Å²) in [5.41, 5.74) is 4.33. The summed E-state index contributed by atoms with van der Waals surface area (Å²) < 4.78 is 8.18. The van der Waals surface area contributed by atoms with Gasteiger partial charge in [0.2, 0.25) is 0 Å². The molecule has 2 aliphatic rings. The summed E-state index contributed by atoms with van der Waals surface area (Å²) >= 11 is 0. The molecule has 1 saturated carbocycles. The molecule has 1 aliphatic carbocycles. The Morgan fingerprint density at radius 2 is 2.04 bits per heavy atom. The second-order valence-electron chi connectivity index (χ2n) is 7.64. The molecule has 0 atom stereocenters. The molecule has 1 aromatic carbocycles. The first-order valence-corrected chi connectivity index (χ1v) is 9.91. The molecule has 0 spiro atoms. The van der Waals surface area contributed by atoms with Crippen LogP contribution in [0.1, 0.15) is 36.3 Å². The average Bonchev–Trinajstić information content (AvgIpc) is 2.85. The van der Waals surface area contributed by atoms with Gasteiger partial charge in [0.05, 0.1) is 11.0 Å². The summed E-state index contributed by atoms with van der Waals surface area (Å²) in [6.45, 7) is 5.69. The first-order chi connectivity index (χ1) is 13.3. The molecular formula is C21H25N5O. The number of benzene rings is 1. The Kier molecular flexibility index (Phi) is 4.28. The summed E-state index contributed by atoms with van der Waals surface area (Å²) in [6, 6.07) is 9.51. The maximum atomic E-state index is 5.78. The third kappa shape index (κ3) is 3.30. The van der Waals surface area contributed by atoms with E-state index in [0.29, 0.717) is 12.6 Å². The summed E-state index contributed by atoms with van der Waals surface area (Å²) in [6.07, 6.45) is 6.89. The average molecular weight is 363 g/mol. The normalized spacial score (nSPS) is 18.1. The molecule has 6 heteroatoms. The molecule has 0 amide bonds. The van der Waals surface area contributed by atoms with Gasteiger partial charge in [-0.15, -0.1) is 0 Å². The smallest absolute Gasteiger partial charge is 0.316 e. The summed E-state index contributed by atoms with van der Waals surface area (Å²) in [4.78, 5) is 16.0. The Hall–Kier alpha value is -2.47. The maximum Gasteiger partial charge on any atom is 0.316 e. The van der Waals surface area contributed by atoms with E-state index in [1.807, 2.05) is 13.0 Å². The quantitative estimate of drug-likeness (QED) is 0.713. The minimum atomic E-state index is 0.429. The first kappa shape index (κ1) is 16.7. The maximum absolute atomic E-state index is 5.78. The van der Waals surface area contributed by atoms with Gasteiger partial charge < -0.3 is 9.30 Å². The molecule has 0 bridgehead atoms. The standard InChI is InChI=1S/C21H25N5O/c1-15-7-9-22-21(23-15)27-14-16-5-6-18-19(13-16)26-12-11-25(17-3-2-4-17)10-8-20(26)24-18/h5-7,9,13,17H,2-4,8,10-12,14H2,1H3. The first-order valence-electron chi connectivity index (χ1n) is 9.91. The van der Waals surface area contributed by atoms with E-state index in [1.54, 1.807) is 6.20 Å². The van der Waals surface area contributed by atoms with E-state index in [-0.39, 0.29) is 0 Å². The van der Waals surface area contributed by atoms with Crippen molar-refractivity contribution in [2.24, 2.45) is 0 Å². The van der Waals surface area contributed by atoms with Crippen molar-refractivity contribution in [1.82, 2.24) is 24.4 Å². The number of aromatic nitrogens is 4. The van der Waals surface area contributed by atoms with Crippen LogP contribution in [0.25, 0.3) is 11.0 Å². The van der Waals surface area contributed by atoms with Crippen LogP contribution in [-0.2, 0) is 19.6 Å². The molecule has 27 heavy (non-hydrogen) atoms. The Labute approximate surface area is 159 Å². The molecule has 0 radical (unpaired) electrons. The summed E-state index contributed by atoms with van der Waals surface area (Å²) in [5.74, 6) is 1.21. The molecule has 5 rings (SSSR count). The lowest BCUT2D eigenvalue weighted by atomic mass is 9.91. The minimum absolute atomic E-state index is 0.429. The van der Waals surface area contributed by atoms with Crippen LogP contribution in [0.2, 0.25) is 0 Å². The number of ether oxygens (including phenoxy) is 1. The Morgan fingerprint density at radius 3 is 2.85 bits per heavy atom. The van der Waals surface area contributed by atoms with Crippen LogP contribution in [0.3, 0.4) is 0 Å². The number of imidazole rings is 1. The van der Waals surface area contributed by atoms with Crippen LogP contribution >= 0.6 is 0 Å². The predicted molar refractivity (Wildman–Crippen MR) is 104 cm³/mol. The lowest BCUT2D eigenvalue weighted by Gasteiger charge is -2.36. The van der Waals surface area contributed by atoms with Crippen LogP contribution in [0.5, 0.6) is 6.01 Å².